The van der Waals surface area contributed by atoms with Crippen LogP contribution >= 0.6 is 0 Å². The normalized spacial score (nSPS) is 48.4. The molecule has 5 heterocycles. The molecule has 0 aromatic heterocycles. The molecule has 22 heavy (non-hydrogen) atoms. The summed E-state index contributed by atoms with van der Waals surface area (Å²) in [7, 11) is 0. The van der Waals surface area contributed by atoms with Crippen molar-refractivity contribution < 1.29 is 4.79 Å². The zero-order valence-corrected chi connectivity index (χ0v) is 13.3. The Morgan fingerprint density at radius 1 is 1.05 bits per heavy atom. The van der Waals surface area contributed by atoms with Crippen LogP contribution in [0.2, 0.25) is 0 Å². The van der Waals surface area contributed by atoms with Crippen LogP contribution in [0.5, 0.6) is 0 Å². The molecule has 0 aliphatic carbocycles. The second kappa shape index (κ2) is 3.92. The Kier molecular flexibility index (Phi) is 2.33. The predicted molar refractivity (Wildman–Crippen MR) is 85.6 cm³/mol. The molecule has 5 aliphatic rings. The van der Waals surface area contributed by atoms with Crippen LogP contribution in [0.15, 0.2) is 24.3 Å². The third-order valence-corrected chi connectivity index (χ3v) is 6.08. The lowest BCUT2D eigenvalue weighted by Crippen LogP contribution is -2.75. The number of amides is 1. The summed E-state index contributed by atoms with van der Waals surface area (Å²) < 4.78 is 0. The van der Waals surface area contributed by atoms with Crippen LogP contribution in [-0.4, -0.2) is 48.1 Å². The van der Waals surface area contributed by atoms with Crippen LogP contribution < -0.4 is 5.32 Å². The summed E-state index contributed by atoms with van der Waals surface area (Å²) >= 11 is 0. The van der Waals surface area contributed by atoms with Crippen LogP contribution in [0.25, 0.3) is 0 Å². The molecule has 1 unspecified atom stereocenters. The molecule has 0 spiro atoms. The molecular weight excluding hydrogens is 274 g/mol. The number of fused-ring (bicyclic) bond motifs is 1. The molecule has 4 saturated heterocycles. The van der Waals surface area contributed by atoms with Crippen molar-refractivity contribution in [1.82, 2.24) is 9.80 Å². The molecule has 1 N–H and O–H groups in total. The molecule has 1 atom stereocenters. The average molecular weight is 297 g/mol. The molecular formula is C18H23N3O. The number of para-hydroxylation sites is 1. The summed E-state index contributed by atoms with van der Waals surface area (Å²) in [6, 6.07) is 8.20. The summed E-state index contributed by atoms with van der Waals surface area (Å²) in [6.07, 6.45) is 1.57. The number of hydrogen-bond donors (Lipinski definition) is 1. The van der Waals surface area contributed by atoms with Crippen LogP contribution in [0, 0.1) is 10.8 Å². The number of hydrogen-bond acceptors (Lipinski definition) is 3. The van der Waals surface area contributed by atoms with Gasteiger partial charge in [0.25, 0.3) is 0 Å². The number of carbonyl (C=O) groups is 1. The molecule has 116 valence electrons. The first-order valence-electron chi connectivity index (χ1n) is 8.34. The van der Waals surface area contributed by atoms with E-state index in [0.717, 1.165) is 31.9 Å². The van der Waals surface area contributed by atoms with Gasteiger partial charge in [-0.15, -0.1) is 0 Å². The van der Waals surface area contributed by atoms with E-state index in [0.29, 0.717) is 10.8 Å². The number of nitrogens with zero attached hydrogens (tertiary/aromatic N) is 2. The Balaban J connectivity index is 1.56. The highest BCUT2D eigenvalue weighted by molar-refractivity contribution is 6.03. The molecule has 5 aliphatic heterocycles. The first-order chi connectivity index (χ1) is 10.5. The maximum absolute atomic E-state index is 12.6. The van der Waals surface area contributed by atoms with Gasteiger partial charge in [-0.2, -0.15) is 0 Å². The summed E-state index contributed by atoms with van der Waals surface area (Å²) in [4.78, 5) is 17.8. The summed E-state index contributed by atoms with van der Waals surface area (Å²) in [6.45, 7) is 9.38. The zero-order valence-electron chi connectivity index (χ0n) is 13.3. The minimum Gasteiger partial charge on any atom is -0.325 e. The van der Waals surface area contributed by atoms with Gasteiger partial charge in [0.05, 0.1) is 12.1 Å². The third-order valence-electron chi connectivity index (χ3n) is 6.08. The van der Waals surface area contributed by atoms with E-state index in [2.05, 4.69) is 41.1 Å². The van der Waals surface area contributed by atoms with Crippen molar-refractivity contribution >= 4 is 11.6 Å². The van der Waals surface area contributed by atoms with Crippen molar-refractivity contribution in [2.45, 2.75) is 32.4 Å². The van der Waals surface area contributed by atoms with Crippen molar-refractivity contribution in [3.05, 3.63) is 29.8 Å². The van der Waals surface area contributed by atoms with E-state index in [1.54, 1.807) is 0 Å². The smallest absolute Gasteiger partial charge is 0.234 e. The number of anilines is 1. The predicted octanol–water partition coefficient (Wildman–Crippen LogP) is 2.10. The van der Waals surface area contributed by atoms with E-state index >= 15 is 0 Å². The van der Waals surface area contributed by atoms with E-state index in [1.165, 1.54) is 12.0 Å². The van der Waals surface area contributed by atoms with Gasteiger partial charge in [0.15, 0.2) is 0 Å². The quantitative estimate of drug-likeness (QED) is 0.862. The van der Waals surface area contributed by atoms with Crippen LogP contribution in [0.3, 0.4) is 0 Å². The summed E-state index contributed by atoms with van der Waals surface area (Å²) in [5.74, 6) is 0.136. The average Bonchev–Trinajstić information content (AvgIpc) is 2.72. The van der Waals surface area contributed by atoms with E-state index in [9.17, 15) is 4.79 Å². The largest absolute Gasteiger partial charge is 0.325 e. The molecule has 4 bridgehead atoms. The number of carbonyl (C=O) groups excluding carboxylic acids is 1. The lowest BCUT2D eigenvalue weighted by atomic mass is 9.62. The SMILES string of the molecule is CC12CN3CC(C)(CN(C1)C3C1C(=O)Nc3ccccc31)C2. The van der Waals surface area contributed by atoms with Crippen LogP contribution in [-0.2, 0) is 4.79 Å². The Morgan fingerprint density at radius 2 is 1.64 bits per heavy atom. The van der Waals surface area contributed by atoms with E-state index < -0.39 is 0 Å². The van der Waals surface area contributed by atoms with Gasteiger partial charge >= 0.3 is 0 Å². The summed E-state index contributed by atoms with van der Waals surface area (Å²) in [5.41, 5.74) is 2.98. The number of benzene rings is 1. The number of piperidine rings is 2. The fourth-order valence-electron chi connectivity index (χ4n) is 5.98. The van der Waals surface area contributed by atoms with Gasteiger partial charge in [-0.1, -0.05) is 32.0 Å². The highest BCUT2D eigenvalue weighted by Gasteiger charge is 2.59. The van der Waals surface area contributed by atoms with Crippen molar-refractivity contribution in [1.29, 1.82) is 0 Å². The maximum atomic E-state index is 12.6. The minimum atomic E-state index is -0.0385. The monoisotopic (exact) mass is 297 g/mol. The second-order valence-corrected chi connectivity index (χ2v) is 8.58. The highest BCUT2D eigenvalue weighted by atomic mass is 16.2. The van der Waals surface area contributed by atoms with E-state index in [-0.39, 0.29) is 18.0 Å². The molecule has 4 fully saturated rings. The van der Waals surface area contributed by atoms with Gasteiger partial charge in [0.1, 0.15) is 0 Å². The minimum absolute atomic E-state index is 0.0385. The Hall–Kier alpha value is -1.39. The Bertz CT molecular complexity index is 634. The van der Waals surface area contributed by atoms with Gasteiger partial charge in [-0.05, 0) is 28.9 Å². The molecule has 4 heteroatoms. The standard InChI is InChI=1S/C18H23N3O/c1-17-7-18(2)10-20(8-17)16(21(9-17)11-18)14-12-5-3-4-6-13(12)19-15(14)22/h3-6,14,16H,7-11H2,1-2H3,(H,19,22). The molecule has 6 rings (SSSR count). The zero-order chi connectivity index (χ0) is 15.1. The van der Waals surface area contributed by atoms with Gasteiger partial charge < -0.3 is 5.32 Å². The first kappa shape index (κ1) is 13.1. The lowest BCUT2D eigenvalue weighted by Gasteiger charge is -2.66. The van der Waals surface area contributed by atoms with Crippen molar-refractivity contribution in [2.24, 2.45) is 10.8 Å². The van der Waals surface area contributed by atoms with Crippen molar-refractivity contribution in [2.75, 3.05) is 31.5 Å². The Labute approximate surface area is 131 Å². The molecule has 1 aromatic carbocycles. The maximum Gasteiger partial charge on any atom is 0.234 e. The first-order valence-corrected chi connectivity index (χ1v) is 8.34. The fourth-order valence-corrected chi connectivity index (χ4v) is 5.98. The van der Waals surface area contributed by atoms with Gasteiger partial charge in [-0.3, -0.25) is 14.6 Å². The van der Waals surface area contributed by atoms with Gasteiger partial charge in [-0.25, -0.2) is 0 Å². The van der Waals surface area contributed by atoms with E-state index in [4.69, 9.17) is 0 Å². The third kappa shape index (κ3) is 1.62. The lowest BCUT2D eigenvalue weighted by molar-refractivity contribution is -0.198. The van der Waals surface area contributed by atoms with Crippen molar-refractivity contribution in [3.63, 3.8) is 0 Å². The fraction of sp³-hybridized carbons (Fsp3) is 0.611. The molecule has 1 aromatic rings. The number of nitrogens with one attached hydrogen (secondary N) is 1. The topological polar surface area (TPSA) is 35.6 Å². The highest BCUT2D eigenvalue weighted by Crippen LogP contribution is 2.53. The number of rotatable bonds is 1. The molecule has 0 saturated carbocycles. The van der Waals surface area contributed by atoms with E-state index in [1.807, 2.05) is 12.1 Å². The second-order valence-electron chi connectivity index (χ2n) is 8.58. The van der Waals surface area contributed by atoms with Crippen LogP contribution in [0.4, 0.5) is 5.69 Å². The van der Waals surface area contributed by atoms with Gasteiger partial charge in [0.2, 0.25) is 5.91 Å². The molecule has 1 amide bonds. The van der Waals surface area contributed by atoms with Crippen molar-refractivity contribution in [3.8, 4) is 0 Å². The van der Waals surface area contributed by atoms with Gasteiger partial charge in [0, 0.05) is 31.9 Å². The molecule has 0 radical (unpaired) electrons. The molecule has 4 nitrogen and oxygen atoms in total. The van der Waals surface area contributed by atoms with Crippen LogP contribution in [0.1, 0.15) is 31.7 Å². The summed E-state index contributed by atoms with van der Waals surface area (Å²) in [5, 5.41) is 3.08. The Morgan fingerprint density at radius 3 is 2.27 bits per heavy atom.